The highest BCUT2D eigenvalue weighted by Crippen LogP contribution is 2.20. The molecule has 0 aliphatic heterocycles. The van der Waals surface area contributed by atoms with Crippen LogP contribution < -0.4 is 5.32 Å². The van der Waals surface area contributed by atoms with Gasteiger partial charge in [-0.05, 0) is 30.3 Å². The molecule has 0 bridgehead atoms. The average Bonchev–Trinajstić information content (AvgIpc) is 2.87. The maximum Gasteiger partial charge on any atom is 0.248 e. The van der Waals surface area contributed by atoms with Crippen LogP contribution in [0.2, 0.25) is 5.02 Å². The lowest BCUT2D eigenvalue weighted by atomic mass is 10.3. The fourth-order valence-electron chi connectivity index (χ4n) is 1.57. The lowest BCUT2D eigenvalue weighted by Crippen LogP contribution is -2.07. The molecule has 1 amide bonds. The van der Waals surface area contributed by atoms with E-state index in [4.69, 9.17) is 16.0 Å². The number of benzene rings is 1. The van der Waals surface area contributed by atoms with E-state index in [1.807, 2.05) is 31.2 Å². The van der Waals surface area contributed by atoms with Crippen LogP contribution in [0.1, 0.15) is 18.4 Å². The molecule has 19 heavy (non-hydrogen) atoms. The highest BCUT2D eigenvalue weighted by molar-refractivity contribution is 6.33. The molecule has 3 nitrogen and oxygen atoms in total. The van der Waals surface area contributed by atoms with Crippen molar-refractivity contribution in [3.05, 3.63) is 59.0 Å². The number of amides is 1. The molecule has 0 aliphatic rings. The smallest absolute Gasteiger partial charge is 0.248 e. The molecule has 1 N–H and O–H groups in total. The molecule has 0 atom stereocenters. The summed E-state index contributed by atoms with van der Waals surface area (Å²) in [7, 11) is 0. The number of nitrogens with one attached hydrogen (secondary N) is 1. The van der Waals surface area contributed by atoms with Crippen molar-refractivity contribution in [2.24, 2.45) is 0 Å². The highest BCUT2D eigenvalue weighted by atomic mass is 35.5. The van der Waals surface area contributed by atoms with E-state index in [0.29, 0.717) is 16.5 Å². The first-order chi connectivity index (χ1) is 9.19. The quantitative estimate of drug-likeness (QED) is 0.852. The number of hydrogen-bond donors (Lipinski definition) is 1. The van der Waals surface area contributed by atoms with Crippen molar-refractivity contribution in [2.45, 2.75) is 13.3 Å². The molecule has 0 radical (unpaired) electrons. The number of halogens is 1. The Bertz CT molecular complexity index is 602. The molecule has 0 spiro atoms. The van der Waals surface area contributed by atoms with Crippen molar-refractivity contribution >= 4 is 29.3 Å². The molecule has 1 heterocycles. The van der Waals surface area contributed by atoms with E-state index in [9.17, 15) is 4.79 Å². The number of furan rings is 1. The van der Waals surface area contributed by atoms with Crippen LogP contribution in [-0.4, -0.2) is 5.91 Å². The van der Waals surface area contributed by atoms with Gasteiger partial charge in [-0.3, -0.25) is 4.79 Å². The van der Waals surface area contributed by atoms with Crippen molar-refractivity contribution in [1.29, 1.82) is 0 Å². The van der Waals surface area contributed by atoms with E-state index in [1.165, 1.54) is 6.08 Å². The number of hydrogen-bond acceptors (Lipinski definition) is 2. The largest absolute Gasteiger partial charge is 0.462 e. The summed E-state index contributed by atoms with van der Waals surface area (Å²) < 4.78 is 5.46. The van der Waals surface area contributed by atoms with Crippen LogP contribution in [0.25, 0.3) is 6.08 Å². The standard InChI is InChI=1S/C15H14ClNO2/c1-2-11-7-8-12(19-11)9-10-15(18)17-14-6-4-3-5-13(14)16/h3-10H,2H2,1H3,(H,17,18)/b10-9+. The van der Waals surface area contributed by atoms with Crippen LogP contribution >= 0.6 is 11.6 Å². The topological polar surface area (TPSA) is 42.2 Å². The van der Waals surface area contributed by atoms with Crippen molar-refractivity contribution in [3.8, 4) is 0 Å². The second-order valence-electron chi connectivity index (χ2n) is 3.96. The third-order valence-electron chi connectivity index (χ3n) is 2.56. The Labute approximate surface area is 116 Å². The monoisotopic (exact) mass is 275 g/mol. The minimum absolute atomic E-state index is 0.248. The van der Waals surface area contributed by atoms with Gasteiger partial charge in [0.1, 0.15) is 11.5 Å². The zero-order valence-corrected chi connectivity index (χ0v) is 11.3. The van der Waals surface area contributed by atoms with E-state index < -0.39 is 0 Å². The van der Waals surface area contributed by atoms with Crippen LogP contribution in [-0.2, 0) is 11.2 Å². The second-order valence-corrected chi connectivity index (χ2v) is 4.37. The summed E-state index contributed by atoms with van der Waals surface area (Å²) in [5, 5.41) is 3.21. The third-order valence-corrected chi connectivity index (χ3v) is 2.89. The first-order valence-corrected chi connectivity index (χ1v) is 6.39. The van der Waals surface area contributed by atoms with Crippen molar-refractivity contribution in [3.63, 3.8) is 0 Å². The Morgan fingerprint density at radius 1 is 1.32 bits per heavy atom. The molecule has 0 unspecified atom stereocenters. The lowest BCUT2D eigenvalue weighted by molar-refractivity contribution is -0.111. The molecule has 1 aromatic carbocycles. The minimum atomic E-state index is -0.248. The minimum Gasteiger partial charge on any atom is -0.462 e. The van der Waals surface area contributed by atoms with Crippen LogP contribution in [0.5, 0.6) is 0 Å². The highest BCUT2D eigenvalue weighted by Gasteiger charge is 2.02. The predicted octanol–water partition coefficient (Wildman–Crippen LogP) is 4.15. The molecule has 2 aromatic rings. The first-order valence-electron chi connectivity index (χ1n) is 6.01. The summed E-state index contributed by atoms with van der Waals surface area (Å²) in [6.07, 6.45) is 3.88. The molecule has 1 aromatic heterocycles. The summed E-state index contributed by atoms with van der Waals surface area (Å²) in [6.45, 7) is 2.01. The van der Waals surface area contributed by atoms with Gasteiger partial charge in [-0.1, -0.05) is 30.7 Å². The summed E-state index contributed by atoms with van der Waals surface area (Å²) in [5.74, 6) is 1.31. The van der Waals surface area contributed by atoms with E-state index >= 15 is 0 Å². The predicted molar refractivity (Wildman–Crippen MR) is 77.2 cm³/mol. The molecule has 2 rings (SSSR count). The number of para-hydroxylation sites is 1. The Morgan fingerprint density at radius 3 is 2.79 bits per heavy atom. The molecular weight excluding hydrogens is 262 g/mol. The number of anilines is 1. The van der Waals surface area contributed by atoms with Gasteiger partial charge in [0.2, 0.25) is 5.91 Å². The van der Waals surface area contributed by atoms with Crippen molar-refractivity contribution < 1.29 is 9.21 Å². The van der Waals surface area contributed by atoms with Gasteiger partial charge in [-0.2, -0.15) is 0 Å². The Hall–Kier alpha value is -2.00. The number of carbonyl (C=O) groups excluding carboxylic acids is 1. The molecule has 0 saturated carbocycles. The van der Waals surface area contributed by atoms with E-state index in [-0.39, 0.29) is 5.91 Å². The summed E-state index contributed by atoms with van der Waals surface area (Å²) in [4.78, 5) is 11.7. The lowest BCUT2D eigenvalue weighted by Gasteiger charge is -2.03. The van der Waals surface area contributed by atoms with Crippen LogP contribution in [0.3, 0.4) is 0 Å². The van der Waals surface area contributed by atoms with Gasteiger partial charge < -0.3 is 9.73 Å². The second kappa shape index (κ2) is 6.25. The zero-order chi connectivity index (χ0) is 13.7. The molecule has 98 valence electrons. The van der Waals surface area contributed by atoms with Gasteiger partial charge in [0.05, 0.1) is 10.7 Å². The van der Waals surface area contributed by atoms with Crippen molar-refractivity contribution in [2.75, 3.05) is 5.32 Å². The van der Waals surface area contributed by atoms with Crippen LogP contribution in [0.15, 0.2) is 46.9 Å². The van der Waals surface area contributed by atoms with Gasteiger partial charge in [0.15, 0.2) is 0 Å². The summed E-state index contributed by atoms with van der Waals surface area (Å²) in [6, 6.07) is 10.8. The number of carbonyl (C=O) groups is 1. The molecule has 0 fully saturated rings. The van der Waals surface area contributed by atoms with Gasteiger partial charge in [-0.25, -0.2) is 0 Å². The Morgan fingerprint density at radius 2 is 2.11 bits per heavy atom. The third kappa shape index (κ3) is 3.73. The molecule has 0 saturated heterocycles. The molecule has 4 heteroatoms. The van der Waals surface area contributed by atoms with E-state index in [0.717, 1.165) is 12.2 Å². The van der Waals surface area contributed by atoms with Gasteiger partial charge in [-0.15, -0.1) is 0 Å². The maximum atomic E-state index is 11.7. The SMILES string of the molecule is CCc1ccc(/C=C/C(=O)Nc2ccccc2Cl)o1. The normalized spacial score (nSPS) is 10.8. The zero-order valence-electron chi connectivity index (χ0n) is 10.5. The van der Waals surface area contributed by atoms with Gasteiger partial charge >= 0.3 is 0 Å². The fourth-order valence-corrected chi connectivity index (χ4v) is 1.75. The van der Waals surface area contributed by atoms with Crippen LogP contribution in [0.4, 0.5) is 5.69 Å². The summed E-state index contributed by atoms with van der Waals surface area (Å²) in [5.41, 5.74) is 0.590. The maximum absolute atomic E-state index is 11.7. The first kappa shape index (κ1) is 13.4. The van der Waals surface area contributed by atoms with E-state index in [1.54, 1.807) is 18.2 Å². The van der Waals surface area contributed by atoms with Gasteiger partial charge in [0.25, 0.3) is 0 Å². The summed E-state index contributed by atoms with van der Waals surface area (Å²) >= 11 is 5.95. The average molecular weight is 276 g/mol. The molecular formula is C15H14ClNO2. The van der Waals surface area contributed by atoms with Gasteiger partial charge in [0, 0.05) is 12.5 Å². The van der Waals surface area contributed by atoms with Crippen LogP contribution in [0, 0.1) is 0 Å². The van der Waals surface area contributed by atoms with Crippen molar-refractivity contribution in [1.82, 2.24) is 0 Å². The molecule has 0 aliphatic carbocycles. The Balaban J connectivity index is 1.99. The number of aryl methyl sites for hydroxylation is 1. The Kier molecular flexibility index (Phi) is 4.42. The number of rotatable bonds is 4. The fraction of sp³-hybridized carbons (Fsp3) is 0.133. The van der Waals surface area contributed by atoms with E-state index in [2.05, 4.69) is 5.32 Å².